The Bertz CT molecular complexity index is 543. The number of unbranched alkanes of at least 4 members (excludes halogenated alkanes) is 1. The van der Waals surface area contributed by atoms with E-state index in [1.807, 2.05) is 6.92 Å². The summed E-state index contributed by atoms with van der Waals surface area (Å²) in [5.41, 5.74) is 3.86. The molecule has 0 spiro atoms. The van der Waals surface area contributed by atoms with Gasteiger partial charge in [-0.15, -0.1) is 0 Å². The topological polar surface area (TPSA) is 29.9 Å². The summed E-state index contributed by atoms with van der Waals surface area (Å²) in [5.74, 6) is 0.988. The Morgan fingerprint density at radius 2 is 1.90 bits per heavy atom. The molecule has 0 aliphatic carbocycles. The smallest absolute Gasteiger partial charge is 0.203 e. The summed E-state index contributed by atoms with van der Waals surface area (Å²) < 4.78 is 2.22. The molecule has 0 fully saturated rings. The Morgan fingerprint density at radius 1 is 1.15 bits per heavy atom. The fraction of sp³-hybridized carbons (Fsp3) is 0.471. The number of rotatable bonds is 7. The zero-order chi connectivity index (χ0) is 14.4. The molecule has 1 heterocycles. The van der Waals surface area contributed by atoms with Crippen LogP contribution in [0.1, 0.15) is 43.5 Å². The maximum Gasteiger partial charge on any atom is 0.203 e. The number of anilines is 1. The fourth-order valence-corrected chi connectivity index (χ4v) is 2.43. The average Bonchev–Trinajstić information content (AvgIpc) is 2.80. The molecule has 3 heteroatoms. The van der Waals surface area contributed by atoms with E-state index in [9.17, 15) is 0 Å². The van der Waals surface area contributed by atoms with E-state index in [1.54, 1.807) is 0 Å². The normalized spacial score (nSPS) is 10.8. The van der Waals surface area contributed by atoms with Gasteiger partial charge in [-0.05, 0) is 30.9 Å². The second-order valence-electron chi connectivity index (χ2n) is 5.24. The quantitative estimate of drug-likeness (QED) is 0.771. The first-order valence-electron chi connectivity index (χ1n) is 7.59. The summed E-state index contributed by atoms with van der Waals surface area (Å²) in [4.78, 5) is 4.59. The highest BCUT2D eigenvalue weighted by atomic mass is 15.2. The molecule has 0 atom stereocenters. The molecular formula is C17H25N3. The Morgan fingerprint density at radius 3 is 2.60 bits per heavy atom. The van der Waals surface area contributed by atoms with Gasteiger partial charge in [-0.3, -0.25) is 0 Å². The molecule has 3 nitrogen and oxygen atoms in total. The minimum atomic E-state index is 0.888. The Labute approximate surface area is 122 Å². The number of aryl methyl sites for hydroxylation is 2. The van der Waals surface area contributed by atoms with Crippen molar-refractivity contribution in [2.24, 2.45) is 0 Å². The van der Waals surface area contributed by atoms with E-state index >= 15 is 0 Å². The van der Waals surface area contributed by atoms with E-state index in [-0.39, 0.29) is 0 Å². The van der Waals surface area contributed by atoms with Crippen molar-refractivity contribution in [2.45, 2.75) is 46.6 Å². The first-order valence-corrected chi connectivity index (χ1v) is 7.59. The van der Waals surface area contributed by atoms with E-state index < -0.39 is 0 Å². The third-order valence-electron chi connectivity index (χ3n) is 3.55. The Balaban J connectivity index is 2.15. The van der Waals surface area contributed by atoms with Gasteiger partial charge in [-0.2, -0.15) is 0 Å². The van der Waals surface area contributed by atoms with Crippen LogP contribution in [0.25, 0.3) is 0 Å². The molecule has 2 aromatic rings. The van der Waals surface area contributed by atoms with Gasteiger partial charge in [-0.1, -0.05) is 44.5 Å². The van der Waals surface area contributed by atoms with Crippen LogP contribution in [-0.4, -0.2) is 16.1 Å². The Kier molecular flexibility index (Phi) is 5.22. The number of hydrogen-bond acceptors (Lipinski definition) is 2. The number of nitrogens with zero attached hydrogens (tertiary/aromatic N) is 2. The summed E-state index contributed by atoms with van der Waals surface area (Å²) in [5, 5.41) is 3.44. The average molecular weight is 271 g/mol. The predicted molar refractivity (Wildman–Crippen MR) is 85.3 cm³/mol. The lowest BCUT2D eigenvalue weighted by Crippen LogP contribution is -2.10. The summed E-state index contributed by atoms with van der Waals surface area (Å²) in [6.45, 7) is 8.34. The van der Waals surface area contributed by atoms with Crippen molar-refractivity contribution in [1.29, 1.82) is 0 Å². The van der Waals surface area contributed by atoms with Crippen molar-refractivity contribution < 1.29 is 0 Å². The van der Waals surface area contributed by atoms with E-state index in [4.69, 9.17) is 0 Å². The van der Waals surface area contributed by atoms with E-state index in [0.717, 1.165) is 31.2 Å². The number of aromatic nitrogens is 2. The maximum atomic E-state index is 4.59. The molecule has 0 unspecified atom stereocenters. The molecule has 0 aliphatic heterocycles. The van der Waals surface area contributed by atoms with E-state index in [0.29, 0.717) is 0 Å². The highest BCUT2D eigenvalue weighted by molar-refractivity contribution is 5.33. The second-order valence-corrected chi connectivity index (χ2v) is 5.24. The van der Waals surface area contributed by atoms with Gasteiger partial charge in [0.05, 0.1) is 12.2 Å². The number of nitrogens with one attached hydrogen (secondary N) is 1. The van der Waals surface area contributed by atoms with Gasteiger partial charge < -0.3 is 9.88 Å². The third kappa shape index (κ3) is 3.62. The largest absolute Gasteiger partial charge is 0.356 e. The van der Waals surface area contributed by atoms with Crippen LogP contribution in [0.15, 0.2) is 30.5 Å². The van der Waals surface area contributed by atoms with Gasteiger partial charge in [0.25, 0.3) is 0 Å². The number of hydrogen-bond donors (Lipinski definition) is 1. The predicted octanol–water partition coefficient (Wildman–Crippen LogP) is 4.01. The van der Waals surface area contributed by atoms with Crippen LogP contribution in [0.4, 0.5) is 5.95 Å². The van der Waals surface area contributed by atoms with Crippen molar-refractivity contribution in [3.8, 4) is 0 Å². The van der Waals surface area contributed by atoms with Crippen LogP contribution in [0.5, 0.6) is 0 Å². The van der Waals surface area contributed by atoms with Crippen molar-refractivity contribution >= 4 is 5.95 Å². The molecule has 0 saturated carbocycles. The van der Waals surface area contributed by atoms with Crippen molar-refractivity contribution in [3.63, 3.8) is 0 Å². The minimum Gasteiger partial charge on any atom is -0.356 e. The zero-order valence-electron chi connectivity index (χ0n) is 12.8. The fourth-order valence-electron chi connectivity index (χ4n) is 2.43. The van der Waals surface area contributed by atoms with Crippen molar-refractivity contribution in [1.82, 2.24) is 9.55 Å². The van der Waals surface area contributed by atoms with Crippen LogP contribution >= 0.6 is 0 Å². The molecule has 1 aromatic heterocycles. The molecule has 0 saturated heterocycles. The molecule has 0 bridgehead atoms. The van der Waals surface area contributed by atoms with Crippen LogP contribution < -0.4 is 5.32 Å². The van der Waals surface area contributed by atoms with Crippen molar-refractivity contribution in [3.05, 3.63) is 47.3 Å². The highest BCUT2D eigenvalue weighted by Gasteiger charge is 2.07. The molecule has 0 aliphatic rings. The monoisotopic (exact) mass is 271 g/mol. The first-order chi connectivity index (χ1) is 9.74. The van der Waals surface area contributed by atoms with E-state index in [2.05, 4.69) is 59.2 Å². The van der Waals surface area contributed by atoms with Gasteiger partial charge in [0.15, 0.2) is 0 Å². The molecule has 20 heavy (non-hydrogen) atoms. The summed E-state index contributed by atoms with van der Waals surface area (Å²) in [7, 11) is 0. The molecule has 1 N–H and O–H groups in total. The molecule has 108 valence electrons. The van der Waals surface area contributed by atoms with Crippen molar-refractivity contribution in [2.75, 3.05) is 11.9 Å². The van der Waals surface area contributed by atoms with Crippen LogP contribution in [-0.2, 0) is 13.0 Å². The zero-order valence-corrected chi connectivity index (χ0v) is 12.8. The second kappa shape index (κ2) is 7.13. The standard InChI is InChI=1S/C17H25N3/c1-4-6-11-18-17-19-14(3)12-20(17)13-16-10-8-7-9-15(16)5-2/h7-10,12H,4-6,11,13H2,1-3H3,(H,18,19). The molecule has 2 rings (SSSR count). The maximum absolute atomic E-state index is 4.59. The van der Waals surface area contributed by atoms with Crippen LogP contribution in [0.2, 0.25) is 0 Å². The van der Waals surface area contributed by atoms with Gasteiger partial charge in [-0.25, -0.2) is 4.98 Å². The lowest BCUT2D eigenvalue weighted by molar-refractivity contribution is 0.769. The Hall–Kier alpha value is -1.77. The first kappa shape index (κ1) is 14.6. The lowest BCUT2D eigenvalue weighted by atomic mass is 10.1. The minimum absolute atomic E-state index is 0.888. The van der Waals surface area contributed by atoms with Crippen LogP contribution in [0.3, 0.4) is 0 Å². The summed E-state index contributed by atoms with van der Waals surface area (Å²) in [6.07, 6.45) is 5.58. The highest BCUT2D eigenvalue weighted by Crippen LogP contribution is 2.16. The molecule has 1 aromatic carbocycles. The SMILES string of the molecule is CCCCNc1nc(C)cn1Cc1ccccc1CC. The lowest BCUT2D eigenvalue weighted by Gasteiger charge is -2.12. The summed E-state index contributed by atoms with van der Waals surface area (Å²) >= 11 is 0. The number of imidazole rings is 1. The van der Waals surface area contributed by atoms with Gasteiger partial charge in [0.1, 0.15) is 0 Å². The van der Waals surface area contributed by atoms with Gasteiger partial charge in [0, 0.05) is 12.7 Å². The molecule has 0 amide bonds. The van der Waals surface area contributed by atoms with Gasteiger partial charge in [0.2, 0.25) is 5.95 Å². The van der Waals surface area contributed by atoms with Gasteiger partial charge >= 0.3 is 0 Å². The molecule has 0 radical (unpaired) electrons. The number of benzene rings is 1. The summed E-state index contributed by atoms with van der Waals surface area (Å²) in [6, 6.07) is 8.65. The van der Waals surface area contributed by atoms with Crippen LogP contribution in [0, 0.1) is 6.92 Å². The van der Waals surface area contributed by atoms with E-state index in [1.165, 1.54) is 24.0 Å². The third-order valence-corrected chi connectivity index (χ3v) is 3.55. The molecular weight excluding hydrogens is 246 g/mol.